The summed E-state index contributed by atoms with van der Waals surface area (Å²) in [6, 6.07) is 7.91. The summed E-state index contributed by atoms with van der Waals surface area (Å²) < 4.78 is 0. The fraction of sp³-hybridized carbons (Fsp3) is 0.300. The first-order valence-corrected chi connectivity index (χ1v) is 3.99. The number of fused-ring (bicyclic) bond motifs is 1. The molecule has 0 atom stereocenters. The average Bonchev–Trinajstić information content (AvgIpc) is 2.06. The van der Waals surface area contributed by atoms with Crippen LogP contribution in [0.5, 0.6) is 0 Å². The van der Waals surface area contributed by atoms with Gasteiger partial charge < -0.3 is 0 Å². The molecule has 0 radical (unpaired) electrons. The van der Waals surface area contributed by atoms with Gasteiger partial charge in [0.1, 0.15) is 0 Å². The first-order chi connectivity index (χ1) is 5.38. The molecule has 0 aromatic heterocycles. The predicted octanol–water partition coefficient (Wildman–Crippen LogP) is 2.21. The zero-order valence-corrected chi connectivity index (χ0v) is 6.34. The Morgan fingerprint density at radius 3 is 2.73 bits per heavy atom. The maximum absolute atomic E-state index is 11.3. The van der Waals surface area contributed by atoms with E-state index >= 15 is 0 Å². The number of benzene rings is 1. The SMILES string of the molecule is O=[13C]1[13CH2][13CH2][13CH2][13c]2[13cH][13cH][13cH][13cH][13c]21. The van der Waals surface area contributed by atoms with E-state index in [4.69, 9.17) is 0 Å². The molecule has 0 heterocycles. The van der Waals surface area contributed by atoms with Crippen molar-refractivity contribution in [2.24, 2.45) is 0 Å². The van der Waals surface area contributed by atoms with Crippen LogP contribution >= 0.6 is 0 Å². The summed E-state index contributed by atoms with van der Waals surface area (Å²) in [5.41, 5.74) is 2.17. The van der Waals surface area contributed by atoms with Gasteiger partial charge >= 0.3 is 0 Å². The van der Waals surface area contributed by atoms with Crippen LogP contribution in [0.2, 0.25) is 0 Å². The quantitative estimate of drug-likeness (QED) is 0.526. The molecule has 11 heavy (non-hydrogen) atoms. The molecule has 1 heteroatoms. The van der Waals surface area contributed by atoms with Crippen LogP contribution < -0.4 is 0 Å². The largest absolute Gasteiger partial charge is 0.294 e. The summed E-state index contributed by atoms with van der Waals surface area (Å²) in [5.74, 6) is 0.312. The number of carbonyl (C=O) groups is 1. The van der Waals surface area contributed by atoms with Crippen molar-refractivity contribution in [3.8, 4) is 0 Å². The van der Waals surface area contributed by atoms with Crippen molar-refractivity contribution in [1.29, 1.82) is 0 Å². The predicted molar refractivity (Wildman–Crippen MR) is 43.7 cm³/mol. The van der Waals surface area contributed by atoms with E-state index in [1.54, 1.807) is 0 Å². The second kappa shape index (κ2) is 2.50. The summed E-state index contributed by atoms with van der Waals surface area (Å²) in [5, 5.41) is 0. The van der Waals surface area contributed by atoms with Crippen LogP contribution in [0.3, 0.4) is 0 Å². The van der Waals surface area contributed by atoms with Gasteiger partial charge in [-0.3, -0.25) is 4.79 Å². The number of ketones is 1. The Hall–Kier alpha value is -1.11. The zero-order chi connectivity index (χ0) is 7.68. The van der Waals surface area contributed by atoms with Crippen LogP contribution in [0.15, 0.2) is 24.3 Å². The Labute approximate surface area is 66.0 Å². The van der Waals surface area contributed by atoms with Crippen molar-refractivity contribution in [1.82, 2.24) is 0 Å². The molecule has 0 saturated heterocycles. The smallest absolute Gasteiger partial charge is 0.163 e. The fourth-order valence-corrected chi connectivity index (χ4v) is 1.58. The molecule has 0 N–H and O–H groups in total. The van der Waals surface area contributed by atoms with Gasteiger partial charge in [0.2, 0.25) is 0 Å². The molecule has 1 aliphatic rings. The van der Waals surface area contributed by atoms with Crippen molar-refractivity contribution in [2.75, 3.05) is 0 Å². The lowest BCUT2D eigenvalue weighted by atomic mass is 10.9. The van der Waals surface area contributed by atoms with E-state index in [-0.39, 0.29) is 0 Å². The molecule has 1 aliphatic carbocycles. The maximum atomic E-state index is 11.3. The number of Topliss-reactive ketones (excluding diaryl/α,β-unsaturated/α-hetero) is 1. The number of hydrogen-bond donors (Lipinski definition) is 0. The number of carbonyl (C=O) groups excluding carboxylic acids is 1. The molecule has 0 spiro atoms. The van der Waals surface area contributed by atoms with Crippen LogP contribution in [0.4, 0.5) is 0 Å². The first-order valence-electron chi connectivity index (χ1n) is 3.99. The summed E-state index contributed by atoms with van der Waals surface area (Å²) in [4.78, 5) is 11.3. The van der Waals surface area contributed by atoms with E-state index in [0.29, 0.717) is 5.78 Å². The fourth-order valence-electron chi connectivity index (χ4n) is 1.58. The zero-order valence-electron chi connectivity index (χ0n) is 6.34. The molecular formula is C10H10O. The topological polar surface area (TPSA) is 17.1 Å². The van der Waals surface area contributed by atoms with E-state index in [1.165, 1.54) is 5.56 Å². The molecule has 1 aromatic carbocycles. The van der Waals surface area contributed by atoms with Crippen molar-refractivity contribution in [3.63, 3.8) is 0 Å². The number of aryl methyl sites for hydroxylation is 1. The van der Waals surface area contributed by atoms with E-state index in [1.807, 2.05) is 24.3 Å². The Morgan fingerprint density at radius 2 is 1.91 bits per heavy atom. The van der Waals surface area contributed by atoms with Gasteiger partial charge in [0.25, 0.3) is 0 Å². The molecule has 0 fully saturated rings. The lowest BCUT2D eigenvalue weighted by molar-refractivity contribution is 0.0972. The minimum Gasteiger partial charge on any atom is -0.294 e. The van der Waals surface area contributed by atoms with Crippen LogP contribution in [0, 0.1) is 0 Å². The van der Waals surface area contributed by atoms with Crippen LogP contribution in [-0.2, 0) is 6.42 Å². The molecule has 0 amide bonds. The van der Waals surface area contributed by atoms with E-state index < -0.39 is 0 Å². The Balaban J connectivity index is 2.52. The molecular weight excluding hydrogens is 146 g/mol. The van der Waals surface area contributed by atoms with Crippen LogP contribution in [-0.4, -0.2) is 5.78 Å². The first kappa shape index (κ1) is 6.59. The van der Waals surface area contributed by atoms with Gasteiger partial charge in [0.15, 0.2) is 5.78 Å². The highest BCUT2D eigenvalue weighted by atomic mass is 16.2. The lowest BCUT2D eigenvalue weighted by Crippen LogP contribution is -2.09. The van der Waals surface area contributed by atoms with Gasteiger partial charge in [0, 0.05) is 12.0 Å². The van der Waals surface area contributed by atoms with Gasteiger partial charge in [-0.2, -0.15) is 0 Å². The highest BCUT2D eigenvalue weighted by Crippen LogP contribution is 2.19. The second-order valence-electron chi connectivity index (χ2n) is 2.93. The molecule has 2 rings (SSSR count). The van der Waals surface area contributed by atoms with Gasteiger partial charge in [-0.1, -0.05) is 24.3 Å². The number of rotatable bonds is 0. The van der Waals surface area contributed by atoms with E-state index in [0.717, 1.165) is 24.8 Å². The Kier molecular flexibility index (Phi) is 1.50. The number of hydrogen-bond acceptors (Lipinski definition) is 1. The molecule has 0 aliphatic heterocycles. The molecule has 0 unspecified atom stereocenters. The van der Waals surface area contributed by atoms with Gasteiger partial charge in [-0.25, -0.2) is 0 Å². The third kappa shape index (κ3) is 1.07. The van der Waals surface area contributed by atoms with E-state index in [2.05, 4.69) is 0 Å². The molecule has 56 valence electrons. The van der Waals surface area contributed by atoms with Gasteiger partial charge in [-0.05, 0) is 18.4 Å². The molecule has 0 saturated carbocycles. The molecule has 1 nitrogen and oxygen atoms in total. The summed E-state index contributed by atoms with van der Waals surface area (Å²) in [7, 11) is 0. The van der Waals surface area contributed by atoms with Gasteiger partial charge in [-0.15, -0.1) is 0 Å². The second-order valence-corrected chi connectivity index (χ2v) is 2.93. The van der Waals surface area contributed by atoms with Crippen LogP contribution in [0.25, 0.3) is 0 Å². The van der Waals surface area contributed by atoms with Crippen molar-refractivity contribution in [2.45, 2.75) is 19.3 Å². The van der Waals surface area contributed by atoms with Crippen LogP contribution in [0.1, 0.15) is 28.8 Å². The summed E-state index contributed by atoms with van der Waals surface area (Å²) in [6.45, 7) is 0. The third-order valence-electron chi connectivity index (χ3n) is 2.17. The third-order valence-corrected chi connectivity index (χ3v) is 2.17. The maximum Gasteiger partial charge on any atom is 0.163 e. The lowest BCUT2D eigenvalue weighted by Gasteiger charge is -2.12. The minimum absolute atomic E-state index is 0.312. The summed E-state index contributed by atoms with van der Waals surface area (Å²) >= 11 is 0. The highest BCUT2D eigenvalue weighted by Gasteiger charge is 2.14. The average molecular weight is 156 g/mol. The van der Waals surface area contributed by atoms with Crippen molar-refractivity contribution < 1.29 is 4.79 Å². The van der Waals surface area contributed by atoms with E-state index in [9.17, 15) is 4.79 Å². The van der Waals surface area contributed by atoms with Crippen molar-refractivity contribution in [3.05, 3.63) is 35.4 Å². The monoisotopic (exact) mass is 156 g/mol. The summed E-state index contributed by atoms with van der Waals surface area (Å²) in [6.07, 6.45) is 2.83. The Bertz CT molecular complexity index is 289. The highest BCUT2D eigenvalue weighted by molar-refractivity contribution is 5.98. The van der Waals surface area contributed by atoms with Gasteiger partial charge in [0.05, 0.1) is 0 Å². The van der Waals surface area contributed by atoms with Crippen molar-refractivity contribution >= 4 is 5.78 Å². The molecule has 0 bridgehead atoms. The minimum atomic E-state index is 0.312. The Morgan fingerprint density at radius 1 is 1.09 bits per heavy atom. The standard InChI is InChI=1S/C10H10O/c11-10-7-3-5-8-4-1-2-6-9(8)10/h1-2,4,6H,3,5,7H2/i1+1,2+1,3+1,4+1,5+1,6+1,7+1,8+1,9+1,10+1. The normalized spacial score (nSPS) is 16.2. The molecule has 1 aromatic rings.